The average molecular weight is 447 g/mol. The van der Waals surface area contributed by atoms with Gasteiger partial charge >= 0.3 is 0 Å². The van der Waals surface area contributed by atoms with Crippen molar-refractivity contribution >= 4 is 17.5 Å². The summed E-state index contributed by atoms with van der Waals surface area (Å²) in [5, 5.41) is 3.22. The highest BCUT2D eigenvalue weighted by molar-refractivity contribution is 5.92. The maximum Gasteiger partial charge on any atom is 0.277 e. The Hall–Kier alpha value is -3.49. The number of likely N-dealkylation sites (tertiary alicyclic amines) is 1. The zero-order chi connectivity index (χ0) is 22.5. The largest absolute Gasteiger partial charge is 0.337 e. The number of piperidine rings is 1. The Balaban J connectivity index is 1.34. The van der Waals surface area contributed by atoms with E-state index in [1.165, 1.54) is 4.52 Å². The molecule has 1 atom stereocenters. The molecule has 1 aliphatic carbocycles. The van der Waals surface area contributed by atoms with Crippen LogP contribution < -0.4 is 5.56 Å². The fourth-order valence-corrected chi connectivity index (χ4v) is 5.08. The molecule has 9 heteroatoms. The molecule has 3 aromatic heterocycles. The number of hydrogen-bond donors (Lipinski definition) is 1. The number of H-pyrrole nitrogens is 1. The van der Waals surface area contributed by atoms with Crippen LogP contribution in [0.5, 0.6) is 0 Å². The molecule has 5 heterocycles. The van der Waals surface area contributed by atoms with Crippen LogP contribution >= 0.6 is 0 Å². The van der Waals surface area contributed by atoms with Crippen molar-refractivity contribution < 1.29 is 9.59 Å². The Bertz CT molecular complexity index is 1290. The van der Waals surface area contributed by atoms with Crippen molar-refractivity contribution in [1.29, 1.82) is 0 Å². The summed E-state index contributed by atoms with van der Waals surface area (Å²) >= 11 is 0. The second kappa shape index (κ2) is 7.83. The first-order valence-electron chi connectivity index (χ1n) is 11.7. The van der Waals surface area contributed by atoms with Crippen LogP contribution in [0.4, 0.5) is 0 Å². The first-order valence-corrected chi connectivity index (χ1v) is 11.7. The molecule has 3 aliphatic rings. The summed E-state index contributed by atoms with van der Waals surface area (Å²) in [4.78, 5) is 51.6. The standard InChI is InChI=1S/C24H26N6O3/c31-22(15-7-8-15)28-12-9-17-16(14-28)23(32)30-21(26-17)13-19(27-30)20-6-2-4-11-29(20)24(33)18-5-1-3-10-25-18/h1,3,5,10,13,15,20,27H,2,4,6-9,11-12,14H2. The maximum atomic E-state index is 13.3. The topological polar surface area (TPSA) is 104 Å². The predicted molar refractivity (Wildman–Crippen MR) is 120 cm³/mol. The van der Waals surface area contributed by atoms with Crippen molar-refractivity contribution in [2.45, 2.75) is 51.1 Å². The van der Waals surface area contributed by atoms with E-state index in [-0.39, 0.29) is 29.3 Å². The number of pyridine rings is 1. The third-order valence-electron chi connectivity index (χ3n) is 7.03. The van der Waals surface area contributed by atoms with Crippen LogP contribution in [0, 0.1) is 5.92 Å². The van der Waals surface area contributed by atoms with E-state index in [9.17, 15) is 14.4 Å². The van der Waals surface area contributed by atoms with Crippen LogP contribution in [0.25, 0.3) is 5.65 Å². The molecule has 9 nitrogen and oxygen atoms in total. The Morgan fingerprint density at radius 2 is 1.97 bits per heavy atom. The van der Waals surface area contributed by atoms with Crippen molar-refractivity contribution in [1.82, 2.24) is 29.4 Å². The van der Waals surface area contributed by atoms with E-state index < -0.39 is 0 Å². The fraction of sp³-hybridized carbons (Fsp3) is 0.458. The van der Waals surface area contributed by atoms with Gasteiger partial charge in [-0.25, -0.2) is 9.50 Å². The van der Waals surface area contributed by atoms with E-state index in [1.54, 1.807) is 23.2 Å². The lowest BCUT2D eigenvalue weighted by atomic mass is 9.99. The highest BCUT2D eigenvalue weighted by atomic mass is 16.2. The first-order chi connectivity index (χ1) is 16.1. The molecular weight excluding hydrogens is 420 g/mol. The van der Waals surface area contributed by atoms with Gasteiger partial charge < -0.3 is 9.80 Å². The van der Waals surface area contributed by atoms with Gasteiger partial charge in [-0.05, 0) is 44.2 Å². The number of amides is 2. The van der Waals surface area contributed by atoms with E-state index in [0.29, 0.717) is 43.0 Å². The van der Waals surface area contributed by atoms with Crippen LogP contribution in [0.3, 0.4) is 0 Å². The van der Waals surface area contributed by atoms with Gasteiger partial charge in [-0.15, -0.1) is 0 Å². The Morgan fingerprint density at radius 3 is 2.76 bits per heavy atom. The molecule has 1 N–H and O–H groups in total. The van der Waals surface area contributed by atoms with Crippen LogP contribution in [0.2, 0.25) is 0 Å². The molecule has 1 saturated heterocycles. The molecule has 170 valence electrons. The molecule has 0 bridgehead atoms. The summed E-state index contributed by atoms with van der Waals surface area (Å²) < 4.78 is 1.47. The molecule has 0 aromatic carbocycles. The molecule has 2 aliphatic heterocycles. The van der Waals surface area contributed by atoms with Gasteiger partial charge in [0.2, 0.25) is 5.91 Å². The predicted octanol–water partition coefficient (Wildman–Crippen LogP) is 2.08. The van der Waals surface area contributed by atoms with Gasteiger partial charge in [0.05, 0.1) is 29.5 Å². The average Bonchev–Trinajstić information content (AvgIpc) is 3.63. The molecule has 1 unspecified atom stereocenters. The lowest BCUT2D eigenvalue weighted by Crippen LogP contribution is -2.41. The van der Waals surface area contributed by atoms with Crippen LogP contribution in [0.15, 0.2) is 35.3 Å². The Labute approximate surface area is 190 Å². The number of aromatic amines is 1. The van der Waals surface area contributed by atoms with Crippen molar-refractivity contribution in [3.63, 3.8) is 0 Å². The number of carbonyl (C=O) groups excluding carboxylic acids is 2. The van der Waals surface area contributed by atoms with Crippen molar-refractivity contribution in [2.24, 2.45) is 5.92 Å². The summed E-state index contributed by atoms with van der Waals surface area (Å²) in [6.07, 6.45) is 6.87. The molecular formula is C24H26N6O3. The first kappa shape index (κ1) is 20.1. The molecule has 33 heavy (non-hydrogen) atoms. The summed E-state index contributed by atoms with van der Waals surface area (Å²) in [6, 6.07) is 7.06. The summed E-state index contributed by atoms with van der Waals surface area (Å²) in [5.41, 5.74) is 2.99. The number of hydrogen-bond acceptors (Lipinski definition) is 5. The molecule has 0 radical (unpaired) electrons. The molecule has 0 spiro atoms. The Morgan fingerprint density at radius 1 is 1.09 bits per heavy atom. The SMILES string of the molecule is O=C(C1CC1)N1CCc2nc3cc(C4CCCCN4C(=O)c4ccccn4)[nH]n3c(=O)c2C1. The van der Waals surface area contributed by atoms with Crippen molar-refractivity contribution in [3.8, 4) is 0 Å². The molecule has 1 saturated carbocycles. The van der Waals surface area contributed by atoms with E-state index in [4.69, 9.17) is 4.98 Å². The number of carbonyl (C=O) groups is 2. The normalized spacial score (nSPS) is 20.7. The zero-order valence-electron chi connectivity index (χ0n) is 18.4. The molecule has 6 rings (SSSR count). The second-order valence-corrected chi connectivity index (χ2v) is 9.26. The smallest absolute Gasteiger partial charge is 0.277 e. The van der Waals surface area contributed by atoms with E-state index >= 15 is 0 Å². The van der Waals surface area contributed by atoms with Gasteiger partial charge in [0.15, 0.2) is 5.65 Å². The van der Waals surface area contributed by atoms with Gasteiger partial charge in [-0.1, -0.05) is 6.07 Å². The Kier molecular flexibility index (Phi) is 4.78. The van der Waals surface area contributed by atoms with E-state index in [1.807, 2.05) is 17.0 Å². The minimum atomic E-state index is -0.167. The highest BCUT2D eigenvalue weighted by Crippen LogP contribution is 2.33. The van der Waals surface area contributed by atoms with Gasteiger partial charge in [0.1, 0.15) is 5.69 Å². The number of nitrogens with zero attached hydrogens (tertiary/aromatic N) is 5. The van der Waals surface area contributed by atoms with Crippen molar-refractivity contribution in [2.75, 3.05) is 13.1 Å². The lowest BCUT2D eigenvalue weighted by Gasteiger charge is -2.34. The van der Waals surface area contributed by atoms with E-state index in [0.717, 1.165) is 43.5 Å². The van der Waals surface area contributed by atoms with Gasteiger partial charge in [-0.2, -0.15) is 0 Å². The van der Waals surface area contributed by atoms with E-state index in [2.05, 4.69) is 10.1 Å². The van der Waals surface area contributed by atoms with Crippen LogP contribution in [-0.2, 0) is 17.8 Å². The minimum Gasteiger partial charge on any atom is -0.337 e. The quantitative estimate of drug-likeness (QED) is 0.664. The third kappa shape index (κ3) is 3.51. The molecule has 3 aromatic rings. The van der Waals surface area contributed by atoms with Crippen LogP contribution in [0.1, 0.15) is 65.6 Å². The maximum absolute atomic E-state index is 13.3. The highest BCUT2D eigenvalue weighted by Gasteiger charge is 2.36. The monoisotopic (exact) mass is 446 g/mol. The van der Waals surface area contributed by atoms with Gasteiger partial charge in [0, 0.05) is 37.7 Å². The zero-order valence-corrected chi connectivity index (χ0v) is 18.4. The number of aromatic nitrogens is 4. The summed E-state index contributed by atoms with van der Waals surface area (Å²) in [7, 11) is 0. The lowest BCUT2D eigenvalue weighted by molar-refractivity contribution is -0.133. The second-order valence-electron chi connectivity index (χ2n) is 9.26. The molecule has 2 amide bonds. The van der Waals surface area contributed by atoms with Gasteiger partial charge in [-0.3, -0.25) is 24.5 Å². The number of fused-ring (bicyclic) bond motifs is 2. The summed E-state index contributed by atoms with van der Waals surface area (Å²) in [6.45, 7) is 1.57. The van der Waals surface area contributed by atoms with Gasteiger partial charge in [0.25, 0.3) is 11.5 Å². The number of rotatable bonds is 3. The minimum absolute atomic E-state index is 0.104. The number of nitrogens with one attached hydrogen (secondary N) is 1. The van der Waals surface area contributed by atoms with Crippen molar-refractivity contribution in [3.05, 3.63) is 63.5 Å². The third-order valence-corrected chi connectivity index (χ3v) is 7.03. The molecule has 2 fully saturated rings. The summed E-state index contributed by atoms with van der Waals surface area (Å²) in [5.74, 6) is 0.188. The van der Waals surface area contributed by atoms with Crippen LogP contribution in [-0.4, -0.2) is 54.3 Å². The fourth-order valence-electron chi connectivity index (χ4n) is 5.08.